The molecule has 5 heteroatoms. The zero-order valence-corrected chi connectivity index (χ0v) is 23.7. The molecule has 5 nitrogen and oxygen atoms in total. The van der Waals surface area contributed by atoms with Gasteiger partial charge in [-0.25, -0.2) is 0 Å². The van der Waals surface area contributed by atoms with Crippen LogP contribution in [-0.2, 0) is 22.4 Å². The van der Waals surface area contributed by atoms with Gasteiger partial charge in [0.25, 0.3) is 11.7 Å². The monoisotopic (exact) mass is 525 g/mol. The predicted molar refractivity (Wildman–Crippen MR) is 157 cm³/mol. The number of aliphatic hydroxyl groups excluding tert-OH is 1. The van der Waals surface area contributed by atoms with E-state index >= 15 is 0 Å². The first-order valence-electron chi connectivity index (χ1n) is 14.0. The smallest absolute Gasteiger partial charge is 0.300 e. The molecule has 1 N–H and O–H groups in total. The van der Waals surface area contributed by atoms with E-state index in [9.17, 15) is 14.7 Å². The molecule has 4 rings (SSSR count). The largest absolute Gasteiger partial charge is 0.507 e. The number of carbonyl (C=O) groups is 2. The van der Waals surface area contributed by atoms with E-state index in [4.69, 9.17) is 4.74 Å². The van der Waals surface area contributed by atoms with Gasteiger partial charge in [0.15, 0.2) is 0 Å². The zero-order chi connectivity index (χ0) is 28.1. The molecule has 1 fully saturated rings. The molecule has 0 bridgehead atoms. The lowest BCUT2D eigenvalue weighted by molar-refractivity contribution is -0.132. The lowest BCUT2D eigenvalue weighted by Crippen LogP contribution is -2.29. The van der Waals surface area contributed by atoms with Crippen LogP contribution in [0.2, 0.25) is 0 Å². The highest BCUT2D eigenvalue weighted by Crippen LogP contribution is 2.42. The number of ketones is 1. The van der Waals surface area contributed by atoms with Crippen molar-refractivity contribution < 1.29 is 19.4 Å². The van der Waals surface area contributed by atoms with Crippen LogP contribution in [-0.4, -0.2) is 23.4 Å². The highest BCUT2D eigenvalue weighted by atomic mass is 16.5. The van der Waals surface area contributed by atoms with Gasteiger partial charge < -0.3 is 9.84 Å². The van der Waals surface area contributed by atoms with Gasteiger partial charge in [0, 0.05) is 11.3 Å². The van der Waals surface area contributed by atoms with Crippen LogP contribution in [0.25, 0.3) is 5.76 Å². The molecule has 0 radical (unpaired) electrons. The molecule has 1 aliphatic heterocycles. The topological polar surface area (TPSA) is 66.8 Å². The minimum Gasteiger partial charge on any atom is -0.507 e. The van der Waals surface area contributed by atoms with Crippen molar-refractivity contribution in [2.24, 2.45) is 5.92 Å². The number of benzene rings is 3. The van der Waals surface area contributed by atoms with Crippen LogP contribution >= 0.6 is 0 Å². The molecule has 0 aromatic heterocycles. The molecule has 1 atom stereocenters. The van der Waals surface area contributed by atoms with Crippen molar-refractivity contribution in [2.75, 3.05) is 11.5 Å². The lowest BCUT2D eigenvalue weighted by Gasteiger charge is -2.26. The second-order valence-electron chi connectivity index (χ2n) is 10.7. The molecular formula is C34H39NO4. The van der Waals surface area contributed by atoms with E-state index in [0.29, 0.717) is 23.8 Å². The molecule has 204 valence electrons. The standard InChI is InChI=1S/C34H39NO4/c1-6-8-9-25-12-17-28(18-13-25)35-31(26-14-10-24(7-2)11-15-26)30(33(37)34(35)38)32(36)27-16-19-29(23(5)20-27)39-21-22(3)4/h10-20,22,31,36H,6-9,21H2,1-5H3/b32-30-. The number of ether oxygens (including phenoxy) is 1. The third-order valence-electron chi connectivity index (χ3n) is 7.20. The number of Topliss-reactive ketones (excluding diaryl/α,β-unsaturated/α-hetero) is 1. The predicted octanol–water partition coefficient (Wildman–Crippen LogP) is 7.56. The number of aryl methyl sites for hydroxylation is 3. The fourth-order valence-electron chi connectivity index (χ4n) is 4.92. The SMILES string of the molecule is CCCCc1ccc(N2C(=O)C(=O)/C(=C(\O)c3ccc(OCC(C)C)c(C)c3)C2c2ccc(CC)cc2)cc1. The van der Waals surface area contributed by atoms with Crippen molar-refractivity contribution in [1.82, 2.24) is 0 Å². The summed E-state index contributed by atoms with van der Waals surface area (Å²) < 4.78 is 5.89. The molecule has 1 saturated heterocycles. The van der Waals surface area contributed by atoms with Gasteiger partial charge in [0.1, 0.15) is 11.5 Å². The van der Waals surface area contributed by atoms with Crippen LogP contribution in [0, 0.1) is 12.8 Å². The van der Waals surface area contributed by atoms with Crippen molar-refractivity contribution in [1.29, 1.82) is 0 Å². The van der Waals surface area contributed by atoms with Gasteiger partial charge in [-0.2, -0.15) is 0 Å². The molecule has 1 aliphatic rings. The Morgan fingerprint density at radius 1 is 0.949 bits per heavy atom. The maximum absolute atomic E-state index is 13.5. The second-order valence-corrected chi connectivity index (χ2v) is 10.7. The van der Waals surface area contributed by atoms with Gasteiger partial charge in [-0.3, -0.25) is 14.5 Å². The second kappa shape index (κ2) is 12.3. The lowest BCUT2D eigenvalue weighted by atomic mass is 9.93. The van der Waals surface area contributed by atoms with Gasteiger partial charge in [0.05, 0.1) is 18.2 Å². The Morgan fingerprint density at radius 3 is 2.21 bits per heavy atom. The van der Waals surface area contributed by atoms with Crippen molar-refractivity contribution in [3.63, 3.8) is 0 Å². The van der Waals surface area contributed by atoms with E-state index in [1.54, 1.807) is 12.1 Å². The maximum Gasteiger partial charge on any atom is 0.300 e. The average Bonchev–Trinajstić information content (AvgIpc) is 3.21. The summed E-state index contributed by atoms with van der Waals surface area (Å²) in [5, 5.41) is 11.5. The van der Waals surface area contributed by atoms with Crippen LogP contribution in [0.3, 0.4) is 0 Å². The van der Waals surface area contributed by atoms with Crippen molar-refractivity contribution in [2.45, 2.75) is 66.3 Å². The van der Waals surface area contributed by atoms with Crippen LogP contribution in [0.15, 0.2) is 72.3 Å². The number of hydrogen-bond acceptors (Lipinski definition) is 4. The number of anilines is 1. The fourth-order valence-corrected chi connectivity index (χ4v) is 4.92. The van der Waals surface area contributed by atoms with E-state index in [-0.39, 0.29) is 11.3 Å². The summed E-state index contributed by atoms with van der Waals surface area (Å²) in [4.78, 5) is 28.5. The number of amides is 1. The Hall–Kier alpha value is -3.86. The van der Waals surface area contributed by atoms with E-state index in [2.05, 4.69) is 27.7 Å². The average molecular weight is 526 g/mol. The van der Waals surface area contributed by atoms with Crippen molar-refractivity contribution in [3.8, 4) is 5.75 Å². The third-order valence-corrected chi connectivity index (χ3v) is 7.20. The maximum atomic E-state index is 13.5. The van der Waals surface area contributed by atoms with Crippen molar-refractivity contribution in [3.05, 3.63) is 100 Å². The molecule has 0 spiro atoms. The van der Waals surface area contributed by atoms with Gasteiger partial charge >= 0.3 is 0 Å². The summed E-state index contributed by atoms with van der Waals surface area (Å²) in [5.74, 6) is -0.400. The van der Waals surface area contributed by atoms with Crippen LogP contribution in [0.4, 0.5) is 5.69 Å². The molecule has 0 aliphatic carbocycles. The molecule has 0 saturated carbocycles. The van der Waals surface area contributed by atoms with E-state index < -0.39 is 17.7 Å². The summed E-state index contributed by atoms with van der Waals surface area (Å²) in [7, 11) is 0. The number of aliphatic hydroxyl groups is 1. The normalized spacial score (nSPS) is 16.8. The Morgan fingerprint density at radius 2 is 1.62 bits per heavy atom. The highest BCUT2D eigenvalue weighted by Gasteiger charge is 2.47. The van der Waals surface area contributed by atoms with E-state index in [0.717, 1.165) is 48.1 Å². The summed E-state index contributed by atoms with van der Waals surface area (Å²) in [6, 6.07) is 20.3. The Labute approximate surface area is 232 Å². The number of nitrogens with zero attached hydrogens (tertiary/aromatic N) is 1. The first kappa shape index (κ1) is 28.2. The minimum absolute atomic E-state index is 0.0922. The summed E-state index contributed by atoms with van der Waals surface area (Å²) in [5.41, 5.74) is 5.17. The summed E-state index contributed by atoms with van der Waals surface area (Å²) >= 11 is 0. The Bertz CT molecular complexity index is 1350. The van der Waals surface area contributed by atoms with Crippen LogP contribution in [0.5, 0.6) is 5.75 Å². The Kier molecular flexibility index (Phi) is 8.90. The first-order chi connectivity index (χ1) is 18.7. The molecule has 1 heterocycles. The van der Waals surface area contributed by atoms with Crippen LogP contribution < -0.4 is 9.64 Å². The van der Waals surface area contributed by atoms with Crippen LogP contribution in [0.1, 0.15) is 74.4 Å². The molecule has 1 unspecified atom stereocenters. The molecule has 3 aromatic carbocycles. The minimum atomic E-state index is -0.741. The van der Waals surface area contributed by atoms with Gasteiger partial charge in [0.2, 0.25) is 0 Å². The molecule has 1 amide bonds. The number of carbonyl (C=O) groups excluding carboxylic acids is 2. The van der Waals surface area contributed by atoms with Gasteiger partial charge in [-0.1, -0.05) is 70.5 Å². The Balaban J connectivity index is 1.80. The zero-order valence-electron chi connectivity index (χ0n) is 23.7. The highest BCUT2D eigenvalue weighted by molar-refractivity contribution is 6.51. The number of unbranched alkanes of at least 4 members (excludes halogenated alkanes) is 1. The summed E-state index contributed by atoms with van der Waals surface area (Å²) in [6.45, 7) is 10.9. The molecule has 3 aromatic rings. The third kappa shape index (κ3) is 6.08. The summed E-state index contributed by atoms with van der Waals surface area (Å²) in [6.07, 6.45) is 4.04. The molecule has 39 heavy (non-hydrogen) atoms. The van der Waals surface area contributed by atoms with Crippen molar-refractivity contribution >= 4 is 23.1 Å². The number of rotatable bonds is 10. The number of hydrogen-bond donors (Lipinski definition) is 1. The fraction of sp³-hybridized carbons (Fsp3) is 0.353. The van der Waals surface area contributed by atoms with Gasteiger partial charge in [-0.15, -0.1) is 0 Å². The quantitative estimate of drug-likeness (QED) is 0.168. The molecular weight excluding hydrogens is 486 g/mol. The van der Waals surface area contributed by atoms with Gasteiger partial charge in [-0.05, 0) is 84.7 Å². The van der Waals surface area contributed by atoms with E-state index in [1.165, 1.54) is 10.5 Å². The van der Waals surface area contributed by atoms with E-state index in [1.807, 2.05) is 61.5 Å². The first-order valence-corrected chi connectivity index (χ1v) is 14.0.